The molecule has 1 atom stereocenters. The topological polar surface area (TPSA) is 74.3 Å². The molecule has 1 aliphatic rings. The molecule has 0 radical (unpaired) electrons. The summed E-state index contributed by atoms with van der Waals surface area (Å²) in [7, 11) is -3.54. The largest absolute Gasteiger partial charge is 0.335 e. The highest BCUT2D eigenvalue weighted by molar-refractivity contribution is 7.89. The van der Waals surface area contributed by atoms with Gasteiger partial charge in [-0.2, -0.15) is 4.31 Å². The molecule has 0 saturated carbocycles. The molecule has 1 amide bonds. The number of nitrogens with zero attached hydrogens (tertiary/aromatic N) is 2. The summed E-state index contributed by atoms with van der Waals surface area (Å²) in [6.45, 7) is 5.37. The van der Waals surface area contributed by atoms with Crippen LogP contribution in [-0.2, 0) is 14.8 Å². The minimum absolute atomic E-state index is 0.0411. The molecule has 2 N–H and O–H groups in total. The van der Waals surface area contributed by atoms with Crippen molar-refractivity contribution in [3.05, 3.63) is 65.5 Å². The molecule has 1 fully saturated rings. The Morgan fingerprint density at radius 1 is 1.10 bits per heavy atom. The number of carbonyl (C=O) groups is 1. The lowest BCUT2D eigenvalue weighted by atomic mass is 10.1. The Kier molecular flexibility index (Phi) is 6.66. The lowest BCUT2D eigenvalue weighted by Gasteiger charge is -2.33. The van der Waals surface area contributed by atoms with Gasteiger partial charge in [-0.05, 0) is 38.1 Å². The second kappa shape index (κ2) is 9.02. The smallest absolute Gasteiger partial charge is 0.277 e. The Balaban J connectivity index is 1.52. The second-order valence-electron chi connectivity index (χ2n) is 7.38. The lowest BCUT2D eigenvalue weighted by molar-refractivity contribution is -0.683. The van der Waals surface area contributed by atoms with Crippen LogP contribution in [0.5, 0.6) is 0 Å². The van der Waals surface area contributed by atoms with Crippen LogP contribution in [0.3, 0.4) is 0 Å². The van der Waals surface area contributed by atoms with E-state index in [2.05, 4.69) is 0 Å². The van der Waals surface area contributed by atoms with E-state index in [1.54, 1.807) is 35.2 Å². The van der Waals surface area contributed by atoms with Crippen LogP contribution >= 0.6 is 0 Å². The first-order valence-electron chi connectivity index (χ1n) is 9.71. The number of hydrogen-bond donors (Lipinski definition) is 1. The average molecular weight is 421 g/mol. The van der Waals surface area contributed by atoms with Crippen LogP contribution in [0.4, 0.5) is 4.39 Å². The molecule has 0 spiro atoms. The molecular weight excluding hydrogens is 393 g/mol. The van der Waals surface area contributed by atoms with Gasteiger partial charge < -0.3 is 10.2 Å². The van der Waals surface area contributed by atoms with Gasteiger partial charge in [0.2, 0.25) is 10.0 Å². The van der Waals surface area contributed by atoms with Crippen molar-refractivity contribution in [2.24, 2.45) is 0 Å². The van der Waals surface area contributed by atoms with Gasteiger partial charge in [0.15, 0.2) is 6.54 Å². The van der Waals surface area contributed by atoms with Gasteiger partial charge in [-0.3, -0.25) is 4.79 Å². The van der Waals surface area contributed by atoms with E-state index in [0.717, 1.165) is 11.1 Å². The Morgan fingerprint density at radius 3 is 2.38 bits per heavy atom. The molecule has 1 aliphatic heterocycles. The van der Waals surface area contributed by atoms with Crippen molar-refractivity contribution in [1.29, 1.82) is 0 Å². The summed E-state index contributed by atoms with van der Waals surface area (Å²) in [4.78, 5) is 14.5. The van der Waals surface area contributed by atoms with Crippen LogP contribution in [0.2, 0.25) is 0 Å². The average Bonchev–Trinajstić information content (AvgIpc) is 2.72. The van der Waals surface area contributed by atoms with E-state index < -0.39 is 10.0 Å². The van der Waals surface area contributed by atoms with Gasteiger partial charge in [0.1, 0.15) is 11.9 Å². The first kappa shape index (κ1) is 21.4. The third-order valence-electron chi connectivity index (χ3n) is 5.27. The summed E-state index contributed by atoms with van der Waals surface area (Å²) in [6, 6.07) is 13.1. The summed E-state index contributed by atoms with van der Waals surface area (Å²) < 4.78 is 40.3. The lowest BCUT2D eigenvalue weighted by Crippen LogP contribution is -2.87. The highest BCUT2D eigenvalue weighted by atomic mass is 32.2. The highest BCUT2D eigenvalue weighted by Gasteiger charge is 2.30. The molecule has 8 heteroatoms. The number of halogens is 1. The Hall–Kier alpha value is -2.29. The fraction of sp³-hybridized carbons (Fsp3) is 0.381. The maximum Gasteiger partial charge on any atom is 0.277 e. The van der Waals surface area contributed by atoms with Gasteiger partial charge >= 0.3 is 0 Å². The number of benzene rings is 2. The molecule has 0 aromatic heterocycles. The van der Waals surface area contributed by atoms with E-state index >= 15 is 0 Å². The molecule has 0 bridgehead atoms. The van der Waals surface area contributed by atoms with Gasteiger partial charge in [0.25, 0.3) is 5.91 Å². The fourth-order valence-corrected chi connectivity index (χ4v) is 4.79. The first-order chi connectivity index (χ1) is 13.8. The summed E-state index contributed by atoms with van der Waals surface area (Å²) in [6.07, 6.45) is 0. The van der Waals surface area contributed by atoms with E-state index in [4.69, 9.17) is 0 Å². The Morgan fingerprint density at radius 2 is 1.76 bits per heavy atom. The Bertz CT molecular complexity index is 955. The molecule has 2 aromatic carbocycles. The molecule has 29 heavy (non-hydrogen) atoms. The van der Waals surface area contributed by atoms with Gasteiger partial charge in [0.05, 0.1) is 4.90 Å². The third-order valence-corrected chi connectivity index (χ3v) is 7.18. The molecule has 6 nitrogen and oxygen atoms in total. The number of rotatable bonds is 6. The molecule has 3 rings (SSSR count). The zero-order valence-corrected chi connectivity index (χ0v) is 17.5. The van der Waals surface area contributed by atoms with Crippen molar-refractivity contribution < 1.29 is 22.9 Å². The molecule has 2 aromatic rings. The van der Waals surface area contributed by atoms with E-state index in [9.17, 15) is 17.6 Å². The minimum Gasteiger partial charge on any atom is -0.335 e. The SMILES string of the molecule is Cc1ccc(S(=O)(=O)N2CCN(C(=O)C[NH2+][C@@H](C)c3cccc(F)c3)CC2)cc1. The number of carbonyl (C=O) groups excluding carboxylic acids is 1. The quantitative estimate of drug-likeness (QED) is 0.765. The van der Waals surface area contributed by atoms with Crippen molar-refractivity contribution in [3.8, 4) is 0 Å². The number of piperazine rings is 1. The fourth-order valence-electron chi connectivity index (χ4n) is 3.37. The third kappa shape index (κ3) is 5.20. The number of aryl methyl sites for hydroxylation is 1. The second-order valence-corrected chi connectivity index (χ2v) is 9.32. The molecule has 0 unspecified atom stereocenters. The van der Waals surface area contributed by atoms with Gasteiger partial charge in [0, 0.05) is 31.7 Å². The van der Waals surface area contributed by atoms with Crippen LogP contribution in [0.15, 0.2) is 53.4 Å². The van der Waals surface area contributed by atoms with Crippen molar-refractivity contribution >= 4 is 15.9 Å². The number of amides is 1. The minimum atomic E-state index is -3.54. The number of hydrogen-bond acceptors (Lipinski definition) is 3. The normalized spacial score (nSPS) is 16.6. The van der Waals surface area contributed by atoms with Gasteiger partial charge in [-0.1, -0.05) is 29.8 Å². The first-order valence-corrected chi connectivity index (χ1v) is 11.1. The van der Waals surface area contributed by atoms with E-state index in [0.29, 0.717) is 13.1 Å². The molecule has 156 valence electrons. The summed E-state index contributed by atoms with van der Waals surface area (Å²) in [5.41, 5.74) is 1.83. The van der Waals surface area contributed by atoms with E-state index in [1.165, 1.54) is 16.4 Å². The summed E-state index contributed by atoms with van der Waals surface area (Å²) in [5.74, 6) is -0.333. The van der Waals surface area contributed by atoms with Crippen LogP contribution < -0.4 is 5.32 Å². The molecular formula is C21H27FN3O3S+. The maximum absolute atomic E-state index is 13.3. The molecule has 1 heterocycles. The molecule has 0 aliphatic carbocycles. The number of sulfonamides is 1. The van der Waals surface area contributed by atoms with E-state index in [-0.39, 0.29) is 42.3 Å². The van der Waals surface area contributed by atoms with Crippen LogP contribution in [-0.4, -0.2) is 56.3 Å². The zero-order chi connectivity index (χ0) is 21.0. The van der Waals surface area contributed by atoms with Crippen molar-refractivity contribution in [2.75, 3.05) is 32.7 Å². The standard InChI is InChI=1S/C21H26FN3O3S/c1-16-6-8-20(9-7-16)29(27,28)25-12-10-24(11-13-25)21(26)15-23-17(2)18-4-3-5-19(22)14-18/h3-9,14,17,23H,10-13,15H2,1-2H3/p+1/t17-/m0/s1. The predicted octanol–water partition coefficient (Wildman–Crippen LogP) is 1.29. The highest BCUT2D eigenvalue weighted by Crippen LogP contribution is 2.18. The van der Waals surface area contributed by atoms with Crippen LogP contribution in [0.1, 0.15) is 24.1 Å². The van der Waals surface area contributed by atoms with Crippen molar-refractivity contribution in [3.63, 3.8) is 0 Å². The summed E-state index contributed by atoms with van der Waals surface area (Å²) in [5, 5.41) is 1.87. The Labute approximate surface area is 171 Å². The van der Waals surface area contributed by atoms with Crippen LogP contribution in [0, 0.1) is 12.7 Å². The predicted molar refractivity (Wildman–Crippen MR) is 108 cm³/mol. The van der Waals surface area contributed by atoms with Crippen LogP contribution in [0.25, 0.3) is 0 Å². The van der Waals surface area contributed by atoms with Crippen molar-refractivity contribution in [2.45, 2.75) is 24.8 Å². The van der Waals surface area contributed by atoms with Gasteiger partial charge in [-0.25, -0.2) is 12.8 Å². The summed E-state index contributed by atoms with van der Waals surface area (Å²) >= 11 is 0. The zero-order valence-electron chi connectivity index (χ0n) is 16.7. The van der Waals surface area contributed by atoms with Gasteiger partial charge in [-0.15, -0.1) is 0 Å². The maximum atomic E-state index is 13.3. The van der Waals surface area contributed by atoms with Crippen molar-refractivity contribution in [1.82, 2.24) is 9.21 Å². The number of quaternary nitrogens is 1. The molecule has 1 saturated heterocycles. The monoisotopic (exact) mass is 420 g/mol. The van der Waals surface area contributed by atoms with E-state index in [1.807, 2.05) is 25.2 Å². The number of nitrogens with two attached hydrogens (primary N) is 1.